The molecule has 0 heterocycles. The molecule has 0 N–H and O–H groups in total. The Bertz CT molecular complexity index is 148. The van der Waals surface area contributed by atoms with Crippen LogP contribution < -0.4 is 0 Å². The molecule has 1 aliphatic carbocycles. The minimum Gasteiger partial charge on any atom is -0.103 e. The van der Waals surface area contributed by atoms with E-state index in [4.69, 9.17) is 0 Å². The van der Waals surface area contributed by atoms with Crippen LogP contribution in [0.2, 0.25) is 0 Å². The number of hydrogen-bond acceptors (Lipinski definition) is 0. The molecule has 0 heteroatoms. The zero-order valence-corrected chi connectivity index (χ0v) is 8.06. The molecule has 1 aliphatic rings. The van der Waals surface area contributed by atoms with Gasteiger partial charge >= 0.3 is 0 Å². The van der Waals surface area contributed by atoms with E-state index in [9.17, 15) is 0 Å². The standard InChI is InChI=1S/C11H20/c1-5-9(3)7-11(4)8-10(11)6-2/h5,9-10H,1,6-8H2,2-4H3. The molecular weight excluding hydrogens is 132 g/mol. The lowest BCUT2D eigenvalue weighted by atomic mass is 9.92. The fourth-order valence-electron chi connectivity index (χ4n) is 2.21. The second-order valence-electron chi connectivity index (χ2n) is 4.38. The van der Waals surface area contributed by atoms with Gasteiger partial charge in [0.15, 0.2) is 0 Å². The highest BCUT2D eigenvalue weighted by atomic mass is 14.5. The quantitative estimate of drug-likeness (QED) is 0.539. The highest BCUT2D eigenvalue weighted by Gasteiger charge is 2.48. The van der Waals surface area contributed by atoms with Gasteiger partial charge in [0.1, 0.15) is 0 Å². The Morgan fingerprint density at radius 1 is 1.73 bits per heavy atom. The van der Waals surface area contributed by atoms with Crippen molar-refractivity contribution in [3.8, 4) is 0 Å². The van der Waals surface area contributed by atoms with Gasteiger partial charge < -0.3 is 0 Å². The summed E-state index contributed by atoms with van der Waals surface area (Å²) in [6.07, 6.45) is 6.23. The van der Waals surface area contributed by atoms with Gasteiger partial charge in [0, 0.05) is 0 Å². The first-order valence-electron chi connectivity index (χ1n) is 4.75. The van der Waals surface area contributed by atoms with Crippen LogP contribution in [0.15, 0.2) is 12.7 Å². The van der Waals surface area contributed by atoms with Crippen molar-refractivity contribution < 1.29 is 0 Å². The van der Waals surface area contributed by atoms with E-state index in [1.165, 1.54) is 19.3 Å². The van der Waals surface area contributed by atoms with E-state index in [1.54, 1.807) is 0 Å². The van der Waals surface area contributed by atoms with Gasteiger partial charge in [0.2, 0.25) is 0 Å². The van der Waals surface area contributed by atoms with E-state index in [2.05, 4.69) is 33.4 Å². The third-order valence-corrected chi connectivity index (χ3v) is 3.22. The first kappa shape index (κ1) is 8.83. The number of hydrogen-bond donors (Lipinski definition) is 0. The molecule has 1 fully saturated rings. The lowest BCUT2D eigenvalue weighted by Gasteiger charge is -2.13. The molecule has 64 valence electrons. The van der Waals surface area contributed by atoms with Crippen LogP contribution in [-0.2, 0) is 0 Å². The van der Waals surface area contributed by atoms with Crippen LogP contribution in [-0.4, -0.2) is 0 Å². The van der Waals surface area contributed by atoms with E-state index < -0.39 is 0 Å². The van der Waals surface area contributed by atoms with Gasteiger partial charge in [-0.05, 0) is 30.1 Å². The molecule has 0 aromatic carbocycles. The molecule has 0 nitrogen and oxygen atoms in total. The summed E-state index contributed by atoms with van der Waals surface area (Å²) in [6.45, 7) is 10.8. The van der Waals surface area contributed by atoms with Gasteiger partial charge in [-0.15, -0.1) is 6.58 Å². The number of rotatable bonds is 4. The molecule has 0 aliphatic heterocycles. The maximum Gasteiger partial charge on any atom is -0.0259 e. The topological polar surface area (TPSA) is 0 Å². The predicted molar refractivity (Wildman–Crippen MR) is 50.5 cm³/mol. The van der Waals surface area contributed by atoms with E-state index >= 15 is 0 Å². The average molecular weight is 152 g/mol. The Kier molecular flexibility index (Phi) is 2.41. The summed E-state index contributed by atoms with van der Waals surface area (Å²) in [5.41, 5.74) is 0.669. The van der Waals surface area contributed by atoms with Gasteiger partial charge in [-0.3, -0.25) is 0 Å². The molecule has 0 spiro atoms. The van der Waals surface area contributed by atoms with Crippen LogP contribution in [0.4, 0.5) is 0 Å². The van der Waals surface area contributed by atoms with Crippen molar-refractivity contribution in [1.29, 1.82) is 0 Å². The highest BCUT2D eigenvalue weighted by molar-refractivity contribution is 5.00. The molecule has 0 radical (unpaired) electrons. The summed E-state index contributed by atoms with van der Waals surface area (Å²) in [5, 5.41) is 0. The van der Waals surface area contributed by atoms with Crippen molar-refractivity contribution in [2.75, 3.05) is 0 Å². The zero-order chi connectivity index (χ0) is 8.48. The fourth-order valence-corrected chi connectivity index (χ4v) is 2.21. The third kappa shape index (κ3) is 1.85. The first-order valence-corrected chi connectivity index (χ1v) is 4.75. The maximum atomic E-state index is 3.82. The molecule has 11 heavy (non-hydrogen) atoms. The third-order valence-electron chi connectivity index (χ3n) is 3.22. The Morgan fingerprint density at radius 2 is 2.36 bits per heavy atom. The Labute approximate surface area is 70.7 Å². The van der Waals surface area contributed by atoms with Crippen LogP contribution in [0.1, 0.15) is 40.0 Å². The largest absolute Gasteiger partial charge is 0.103 e. The molecular formula is C11H20. The van der Waals surface area contributed by atoms with Crippen molar-refractivity contribution >= 4 is 0 Å². The second kappa shape index (κ2) is 3.00. The van der Waals surface area contributed by atoms with Gasteiger partial charge in [0.05, 0.1) is 0 Å². The van der Waals surface area contributed by atoms with E-state index in [-0.39, 0.29) is 0 Å². The monoisotopic (exact) mass is 152 g/mol. The lowest BCUT2D eigenvalue weighted by Crippen LogP contribution is -2.03. The molecule has 1 saturated carbocycles. The van der Waals surface area contributed by atoms with Gasteiger partial charge in [-0.2, -0.15) is 0 Å². The van der Waals surface area contributed by atoms with E-state index in [1.807, 2.05) is 0 Å². The first-order chi connectivity index (χ1) is 5.12. The van der Waals surface area contributed by atoms with Crippen LogP contribution in [0.5, 0.6) is 0 Å². The fraction of sp³-hybridized carbons (Fsp3) is 0.818. The highest BCUT2D eigenvalue weighted by Crippen LogP contribution is 2.57. The van der Waals surface area contributed by atoms with Crippen molar-refractivity contribution in [3.05, 3.63) is 12.7 Å². The van der Waals surface area contributed by atoms with Gasteiger partial charge in [-0.25, -0.2) is 0 Å². The summed E-state index contributed by atoms with van der Waals surface area (Å²) in [7, 11) is 0. The molecule has 3 atom stereocenters. The smallest absolute Gasteiger partial charge is 0.0259 e. The minimum absolute atomic E-state index is 0.669. The molecule has 0 amide bonds. The minimum atomic E-state index is 0.669. The van der Waals surface area contributed by atoms with Crippen LogP contribution in [0, 0.1) is 17.3 Å². The summed E-state index contributed by atoms with van der Waals surface area (Å²) in [6, 6.07) is 0. The zero-order valence-electron chi connectivity index (χ0n) is 8.06. The molecule has 0 bridgehead atoms. The van der Waals surface area contributed by atoms with Crippen molar-refractivity contribution in [3.63, 3.8) is 0 Å². The Morgan fingerprint density at radius 3 is 2.73 bits per heavy atom. The SMILES string of the molecule is C=CC(C)CC1(C)CC1CC. The Hall–Kier alpha value is -0.260. The summed E-state index contributed by atoms with van der Waals surface area (Å²) in [4.78, 5) is 0. The molecule has 0 aromatic rings. The van der Waals surface area contributed by atoms with Crippen molar-refractivity contribution in [2.24, 2.45) is 17.3 Å². The van der Waals surface area contributed by atoms with E-state index in [0.717, 1.165) is 5.92 Å². The normalized spacial score (nSPS) is 38.3. The Balaban J connectivity index is 2.33. The van der Waals surface area contributed by atoms with Crippen LogP contribution in [0.25, 0.3) is 0 Å². The number of allylic oxidation sites excluding steroid dienone is 1. The van der Waals surface area contributed by atoms with Crippen LogP contribution >= 0.6 is 0 Å². The predicted octanol–water partition coefficient (Wildman–Crippen LogP) is 3.63. The van der Waals surface area contributed by atoms with Gasteiger partial charge in [0.25, 0.3) is 0 Å². The molecule has 0 saturated heterocycles. The second-order valence-corrected chi connectivity index (χ2v) is 4.38. The van der Waals surface area contributed by atoms with Gasteiger partial charge in [-0.1, -0.05) is 33.3 Å². The van der Waals surface area contributed by atoms with Crippen molar-refractivity contribution in [2.45, 2.75) is 40.0 Å². The summed E-state index contributed by atoms with van der Waals surface area (Å²) < 4.78 is 0. The lowest BCUT2D eigenvalue weighted by molar-refractivity contribution is 0.405. The average Bonchev–Trinajstić information content (AvgIpc) is 2.61. The summed E-state index contributed by atoms with van der Waals surface area (Å²) in [5.74, 6) is 1.71. The van der Waals surface area contributed by atoms with E-state index in [0.29, 0.717) is 11.3 Å². The molecule has 1 rings (SSSR count). The van der Waals surface area contributed by atoms with Crippen molar-refractivity contribution in [1.82, 2.24) is 0 Å². The van der Waals surface area contributed by atoms with Crippen LogP contribution in [0.3, 0.4) is 0 Å². The summed E-state index contributed by atoms with van der Waals surface area (Å²) >= 11 is 0. The molecule has 0 aromatic heterocycles. The molecule has 3 unspecified atom stereocenters. The maximum absolute atomic E-state index is 3.82.